The van der Waals surface area contributed by atoms with Gasteiger partial charge in [0, 0.05) is 44.7 Å². The van der Waals surface area contributed by atoms with Gasteiger partial charge in [-0.3, -0.25) is 9.59 Å². The number of carbonyl (C=O) groups excluding carboxylic acids is 2. The maximum absolute atomic E-state index is 13.5. The number of fused-ring (bicyclic) bond motifs is 1. The Morgan fingerprint density at radius 1 is 0.897 bits per heavy atom. The number of hydrogen-bond acceptors (Lipinski definition) is 5. The first-order valence-electron chi connectivity index (χ1n) is 14.4. The number of ether oxygens (including phenoxy) is 2. The fourth-order valence-corrected chi connectivity index (χ4v) is 6.27. The molecule has 3 heterocycles. The number of likely N-dealkylation sites (tertiary alicyclic amines) is 1. The molecule has 39 heavy (non-hydrogen) atoms. The average molecular weight is 554 g/mol. The predicted octanol–water partition coefficient (Wildman–Crippen LogP) is 5.10. The number of nitrogens with one attached hydrogen (secondary N) is 1. The van der Waals surface area contributed by atoms with Crippen LogP contribution in [0.4, 0.5) is 5.69 Å². The number of aryl methyl sites for hydroxylation is 1. The molecule has 1 spiro atoms. The molecule has 0 aliphatic carbocycles. The third-order valence-corrected chi connectivity index (χ3v) is 8.82. The van der Waals surface area contributed by atoms with Gasteiger partial charge in [0.25, 0.3) is 5.91 Å². The van der Waals surface area contributed by atoms with E-state index in [9.17, 15) is 9.59 Å². The Morgan fingerprint density at radius 3 is 2.51 bits per heavy atom. The molecule has 2 amide bonds. The summed E-state index contributed by atoms with van der Waals surface area (Å²) < 4.78 is 11.5. The van der Waals surface area contributed by atoms with Gasteiger partial charge in [-0.2, -0.15) is 0 Å². The van der Waals surface area contributed by atoms with E-state index in [0.29, 0.717) is 62.9 Å². The molecule has 7 nitrogen and oxygen atoms in total. The van der Waals surface area contributed by atoms with Crippen molar-refractivity contribution in [3.05, 3.63) is 58.6 Å². The molecule has 1 N–H and O–H groups in total. The molecule has 2 fully saturated rings. The first-order valence-corrected chi connectivity index (χ1v) is 14.8. The lowest BCUT2D eigenvalue weighted by molar-refractivity contribution is -0.122. The molecule has 0 bridgehead atoms. The molecule has 5 rings (SSSR count). The summed E-state index contributed by atoms with van der Waals surface area (Å²) in [6, 6.07) is 13.9. The number of hydrogen-bond donors (Lipinski definition) is 1. The highest BCUT2D eigenvalue weighted by Crippen LogP contribution is 2.38. The second-order valence-electron chi connectivity index (χ2n) is 11.1. The summed E-state index contributed by atoms with van der Waals surface area (Å²) in [6.45, 7) is 5.49. The minimum Gasteiger partial charge on any atom is -0.493 e. The van der Waals surface area contributed by atoms with E-state index in [0.717, 1.165) is 63.1 Å². The average Bonchev–Trinajstić information content (AvgIpc) is 2.97. The molecule has 2 aromatic rings. The number of morpholine rings is 1. The van der Waals surface area contributed by atoms with E-state index in [-0.39, 0.29) is 17.2 Å². The lowest BCUT2D eigenvalue weighted by Crippen LogP contribution is -2.48. The number of rotatable bonds is 2. The van der Waals surface area contributed by atoms with Gasteiger partial charge in [-0.25, -0.2) is 0 Å². The number of amides is 2. The summed E-state index contributed by atoms with van der Waals surface area (Å²) in [5.74, 6) is 1.08. The molecule has 0 radical (unpaired) electrons. The van der Waals surface area contributed by atoms with Crippen molar-refractivity contribution < 1.29 is 19.1 Å². The van der Waals surface area contributed by atoms with Crippen molar-refractivity contribution in [1.82, 2.24) is 10.2 Å². The second-order valence-corrected chi connectivity index (χ2v) is 11.5. The largest absolute Gasteiger partial charge is 0.493 e. The maximum atomic E-state index is 13.5. The van der Waals surface area contributed by atoms with E-state index in [1.165, 1.54) is 5.56 Å². The smallest absolute Gasteiger partial charge is 0.253 e. The molecule has 0 unspecified atom stereocenters. The van der Waals surface area contributed by atoms with Gasteiger partial charge in [0.05, 0.1) is 30.5 Å². The van der Waals surface area contributed by atoms with Crippen LogP contribution in [0.5, 0.6) is 5.75 Å². The van der Waals surface area contributed by atoms with Crippen LogP contribution in [0.1, 0.15) is 60.9 Å². The van der Waals surface area contributed by atoms with Crippen LogP contribution in [0.25, 0.3) is 0 Å². The lowest BCUT2D eigenvalue weighted by Gasteiger charge is -2.42. The third kappa shape index (κ3) is 7.06. The molecule has 0 saturated carbocycles. The molecule has 0 aromatic heterocycles. The van der Waals surface area contributed by atoms with E-state index in [1.54, 1.807) is 0 Å². The first-order chi connectivity index (χ1) is 19.0. The summed E-state index contributed by atoms with van der Waals surface area (Å²) in [6.07, 6.45) is 7.14. The molecule has 3 aliphatic heterocycles. The van der Waals surface area contributed by atoms with Crippen molar-refractivity contribution in [3.63, 3.8) is 0 Å². The summed E-state index contributed by atoms with van der Waals surface area (Å²) in [7, 11) is 0. The number of anilines is 1. The van der Waals surface area contributed by atoms with Crippen molar-refractivity contribution in [1.29, 1.82) is 0 Å². The molecule has 3 aliphatic rings. The standard InChI is InChI=1S/C31H40ClN3O4/c32-26-11-10-25(22-27(26)34-17-20-38-21-18-34)30(37)35-15-13-31(14-16-35)12-4-3-7-24-6-1-2-8-28(24)39-19-5-9-29(36)33-23-31/h1-2,6,8,10-11,22H,3-5,7,9,12-21,23H2,(H,33,36). The van der Waals surface area contributed by atoms with Crippen LogP contribution >= 0.6 is 11.6 Å². The summed E-state index contributed by atoms with van der Waals surface area (Å²) >= 11 is 6.50. The monoisotopic (exact) mass is 553 g/mol. The van der Waals surface area contributed by atoms with E-state index in [2.05, 4.69) is 22.3 Å². The van der Waals surface area contributed by atoms with Gasteiger partial charge in [-0.15, -0.1) is 0 Å². The molecule has 8 heteroatoms. The number of halogens is 1. The van der Waals surface area contributed by atoms with Gasteiger partial charge in [0.2, 0.25) is 5.91 Å². The highest BCUT2D eigenvalue weighted by molar-refractivity contribution is 6.33. The van der Waals surface area contributed by atoms with Crippen LogP contribution in [-0.4, -0.2) is 69.3 Å². The van der Waals surface area contributed by atoms with E-state index in [1.807, 2.05) is 35.2 Å². The summed E-state index contributed by atoms with van der Waals surface area (Å²) in [4.78, 5) is 30.3. The van der Waals surface area contributed by atoms with Crippen molar-refractivity contribution >= 4 is 29.1 Å². The zero-order valence-corrected chi connectivity index (χ0v) is 23.5. The number of carbonyl (C=O) groups is 2. The first kappa shape index (κ1) is 27.8. The van der Waals surface area contributed by atoms with Crippen LogP contribution < -0.4 is 15.0 Å². The Labute approximate surface area is 236 Å². The van der Waals surface area contributed by atoms with Crippen LogP contribution in [0.15, 0.2) is 42.5 Å². The highest BCUT2D eigenvalue weighted by Gasteiger charge is 2.36. The number of benzene rings is 2. The van der Waals surface area contributed by atoms with Crippen molar-refractivity contribution in [3.8, 4) is 5.75 Å². The minimum absolute atomic E-state index is 0.0194. The Kier molecular flexibility index (Phi) is 9.30. The molecule has 210 valence electrons. The van der Waals surface area contributed by atoms with Crippen LogP contribution in [0, 0.1) is 5.41 Å². The van der Waals surface area contributed by atoms with Crippen LogP contribution in [0.2, 0.25) is 5.02 Å². The minimum atomic E-state index is 0.0194. The zero-order chi connectivity index (χ0) is 27.1. The molecule has 0 atom stereocenters. The van der Waals surface area contributed by atoms with Crippen molar-refractivity contribution in [2.75, 3.05) is 57.4 Å². The second kappa shape index (κ2) is 13.1. The fraction of sp³-hybridized carbons (Fsp3) is 0.548. The Morgan fingerprint density at radius 2 is 1.69 bits per heavy atom. The Bertz CT molecular complexity index is 1140. The van der Waals surface area contributed by atoms with Gasteiger partial charge in [0.15, 0.2) is 0 Å². The summed E-state index contributed by atoms with van der Waals surface area (Å²) in [5, 5.41) is 3.88. The normalized spacial score (nSPS) is 20.9. The topological polar surface area (TPSA) is 71.1 Å². The van der Waals surface area contributed by atoms with Gasteiger partial charge >= 0.3 is 0 Å². The van der Waals surface area contributed by atoms with Crippen molar-refractivity contribution in [2.24, 2.45) is 5.41 Å². The van der Waals surface area contributed by atoms with E-state index in [4.69, 9.17) is 21.1 Å². The molecule has 2 aromatic carbocycles. The van der Waals surface area contributed by atoms with Gasteiger partial charge in [0.1, 0.15) is 5.75 Å². The van der Waals surface area contributed by atoms with Gasteiger partial charge < -0.3 is 24.6 Å². The highest BCUT2D eigenvalue weighted by atomic mass is 35.5. The van der Waals surface area contributed by atoms with Gasteiger partial charge in [-0.1, -0.05) is 36.2 Å². The van der Waals surface area contributed by atoms with E-state index >= 15 is 0 Å². The zero-order valence-electron chi connectivity index (χ0n) is 22.8. The Balaban J connectivity index is 1.23. The molecular weight excluding hydrogens is 514 g/mol. The van der Waals surface area contributed by atoms with Crippen LogP contribution in [-0.2, 0) is 16.0 Å². The quantitative estimate of drug-likeness (QED) is 0.560. The number of nitrogens with zero attached hydrogens (tertiary/aromatic N) is 2. The van der Waals surface area contributed by atoms with E-state index < -0.39 is 0 Å². The number of piperidine rings is 1. The fourth-order valence-electron chi connectivity index (χ4n) is 6.03. The maximum Gasteiger partial charge on any atom is 0.253 e. The van der Waals surface area contributed by atoms with Gasteiger partial charge in [-0.05, 0) is 73.8 Å². The van der Waals surface area contributed by atoms with Crippen LogP contribution in [0.3, 0.4) is 0 Å². The number of para-hydroxylation sites is 1. The third-order valence-electron chi connectivity index (χ3n) is 8.50. The summed E-state index contributed by atoms with van der Waals surface area (Å²) in [5.41, 5.74) is 2.84. The Hall–Kier alpha value is -2.77. The molecular formula is C31H40ClN3O4. The SMILES string of the molecule is O=C1CCCOc2ccccc2CCCCC2(CCN(C(=O)c3ccc(Cl)c(N4CCOCC4)c3)CC2)CN1. The van der Waals surface area contributed by atoms with Crippen molar-refractivity contribution in [2.45, 2.75) is 51.4 Å². The molecule has 2 saturated heterocycles. The predicted molar refractivity (Wildman–Crippen MR) is 154 cm³/mol. The lowest BCUT2D eigenvalue weighted by atomic mass is 9.74.